The number of nitrogens with two attached hydrogens (primary N) is 1. The van der Waals surface area contributed by atoms with Crippen molar-refractivity contribution in [3.05, 3.63) is 35.2 Å². The van der Waals surface area contributed by atoms with E-state index in [-0.39, 0.29) is 0 Å². The summed E-state index contributed by atoms with van der Waals surface area (Å²) in [6, 6.07) is 2.11. The van der Waals surface area contributed by atoms with Crippen LogP contribution in [-0.4, -0.2) is 26.3 Å². The quantitative estimate of drug-likeness (QED) is 0.861. The Balaban J connectivity index is 1.99. The molecule has 3 rings (SSSR count). The second kappa shape index (κ2) is 4.62. The molecule has 0 unspecified atom stereocenters. The van der Waals surface area contributed by atoms with Crippen LogP contribution in [0.3, 0.4) is 0 Å². The van der Waals surface area contributed by atoms with Crippen LogP contribution in [-0.2, 0) is 19.6 Å². The zero-order chi connectivity index (χ0) is 13.4. The van der Waals surface area contributed by atoms with Crippen molar-refractivity contribution in [1.29, 1.82) is 0 Å². The van der Waals surface area contributed by atoms with Crippen molar-refractivity contribution in [3.63, 3.8) is 0 Å². The number of aryl methyl sites for hydroxylation is 2. The molecular weight excluding hydrogens is 240 g/mol. The van der Waals surface area contributed by atoms with Crippen LogP contribution in [0, 0.1) is 13.8 Å². The van der Waals surface area contributed by atoms with Crippen molar-refractivity contribution < 1.29 is 0 Å². The molecule has 0 bridgehead atoms. The summed E-state index contributed by atoms with van der Waals surface area (Å²) in [7, 11) is 0. The van der Waals surface area contributed by atoms with Gasteiger partial charge in [-0.05, 0) is 19.9 Å². The second-order valence-electron chi connectivity index (χ2n) is 4.91. The van der Waals surface area contributed by atoms with Gasteiger partial charge in [-0.25, -0.2) is 0 Å². The molecule has 6 nitrogen and oxygen atoms in total. The highest BCUT2D eigenvalue weighted by atomic mass is 15.3. The van der Waals surface area contributed by atoms with Crippen molar-refractivity contribution in [3.8, 4) is 0 Å². The predicted molar refractivity (Wildman–Crippen MR) is 72.7 cm³/mol. The maximum Gasteiger partial charge on any atom is 0.152 e. The normalized spacial score (nSPS) is 14.6. The van der Waals surface area contributed by atoms with Gasteiger partial charge in [0.15, 0.2) is 5.82 Å². The fourth-order valence-corrected chi connectivity index (χ4v) is 2.64. The van der Waals surface area contributed by atoms with Crippen molar-refractivity contribution in [2.75, 3.05) is 11.4 Å². The molecule has 19 heavy (non-hydrogen) atoms. The summed E-state index contributed by atoms with van der Waals surface area (Å²) in [5.74, 6) is 1.00. The van der Waals surface area contributed by atoms with Crippen LogP contribution in [0.25, 0.3) is 0 Å². The first-order valence-electron chi connectivity index (χ1n) is 6.48. The summed E-state index contributed by atoms with van der Waals surface area (Å²) in [6.07, 6.45) is 1.79. The molecule has 3 heterocycles. The van der Waals surface area contributed by atoms with E-state index in [2.05, 4.69) is 30.7 Å². The standard InChI is InChI=1S/C13H18N6/c1-9-5-12(11(6-14)10(2)16-9)18-3-4-19-8-15-17-13(19)7-18/h5,8H,3-4,6-7,14H2,1-2H3. The van der Waals surface area contributed by atoms with Gasteiger partial charge in [-0.15, -0.1) is 10.2 Å². The van der Waals surface area contributed by atoms with E-state index in [9.17, 15) is 0 Å². The highest BCUT2D eigenvalue weighted by Gasteiger charge is 2.20. The number of rotatable bonds is 2. The summed E-state index contributed by atoms with van der Waals surface area (Å²) in [4.78, 5) is 6.81. The molecule has 0 aromatic carbocycles. The molecule has 2 N–H and O–H groups in total. The molecule has 0 amide bonds. The number of hydrogen-bond donors (Lipinski definition) is 1. The van der Waals surface area contributed by atoms with E-state index >= 15 is 0 Å². The molecule has 0 fully saturated rings. The molecule has 2 aromatic heterocycles. The zero-order valence-electron chi connectivity index (χ0n) is 11.3. The molecule has 100 valence electrons. The van der Waals surface area contributed by atoms with Gasteiger partial charge in [0.05, 0.1) is 6.54 Å². The topological polar surface area (TPSA) is 72.9 Å². The highest BCUT2D eigenvalue weighted by Crippen LogP contribution is 2.26. The van der Waals surface area contributed by atoms with E-state index in [0.717, 1.165) is 42.4 Å². The lowest BCUT2D eigenvalue weighted by Gasteiger charge is -2.31. The molecule has 1 aliphatic heterocycles. The Morgan fingerprint density at radius 3 is 2.95 bits per heavy atom. The van der Waals surface area contributed by atoms with Crippen LogP contribution in [0.1, 0.15) is 22.8 Å². The van der Waals surface area contributed by atoms with Gasteiger partial charge < -0.3 is 15.2 Å². The van der Waals surface area contributed by atoms with Gasteiger partial charge >= 0.3 is 0 Å². The van der Waals surface area contributed by atoms with E-state index in [1.165, 1.54) is 5.69 Å². The molecule has 2 aromatic rings. The molecule has 0 spiro atoms. The minimum absolute atomic E-state index is 0.512. The Labute approximate surface area is 112 Å². The molecule has 6 heteroatoms. The molecule has 0 radical (unpaired) electrons. The van der Waals surface area contributed by atoms with E-state index in [0.29, 0.717) is 6.54 Å². The van der Waals surface area contributed by atoms with Crippen molar-refractivity contribution in [2.24, 2.45) is 5.73 Å². The van der Waals surface area contributed by atoms with Gasteiger partial charge in [-0.3, -0.25) is 4.98 Å². The van der Waals surface area contributed by atoms with Crippen molar-refractivity contribution in [2.45, 2.75) is 33.5 Å². The second-order valence-corrected chi connectivity index (χ2v) is 4.91. The third-order valence-corrected chi connectivity index (χ3v) is 3.62. The molecular formula is C13H18N6. The van der Waals surface area contributed by atoms with E-state index in [4.69, 9.17) is 5.73 Å². The van der Waals surface area contributed by atoms with Crippen LogP contribution in [0.2, 0.25) is 0 Å². The van der Waals surface area contributed by atoms with Crippen LogP contribution in [0.15, 0.2) is 12.4 Å². The predicted octanol–water partition coefficient (Wildman–Crippen LogP) is 0.769. The monoisotopic (exact) mass is 258 g/mol. The first kappa shape index (κ1) is 12.1. The Hall–Kier alpha value is -1.95. The van der Waals surface area contributed by atoms with Gasteiger partial charge in [-0.1, -0.05) is 0 Å². The van der Waals surface area contributed by atoms with Gasteiger partial charge in [0.1, 0.15) is 6.33 Å². The number of fused-ring (bicyclic) bond motifs is 1. The molecule has 0 atom stereocenters. The Morgan fingerprint density at radius 2 is 2.16 bits per heavy atom. The molecule has 0 saturated heterocycles. The summed E-state index contributed by atoms with van der Waals surface area (Å²) in [5, 5.41) is 8.12. The van der Waals surface area contributed by atoms with E-state index < -0.39 is 0 Å². The van der Waals surface area contributed by atoms with E-state index in [1.807, 2.05) is 13.8 Å². The minimum Gasteiger partial charge on any atom is -0.362 e. The number of anilines is 1. The van der Waals surface area contributed by atoms with Crippen LogP contribution in [0.4, 0.5) is 5.69 Å². The maximum atomic E-state index is 5.88. The summed E-state index contributed by atoms with van der Waals surface area (Å²) >= 11 is 0. The Morgan fingerprint density at radius 1 is 1.32 bits per heavy atom. The van der Waals surface area contributed by atoms with Gasteiger partial charge in [-0.2, -0.15) is 0 Å². The Bertz CT molecular complexity index is 603. The SMILES string of the molecule is Cc1cc(N2CCn3cnnc3C2)c(CN)c(C)n1. The van der Waals surface area contributed by atoms with Crippen molar-refractivity contribution >= 4 is 5.69 Å². The molecule has 0 saturated carbocycles. The van der Waals surface area contributed by atoms with Gasteiger partial charge in [0, 0.05) is 42.3 Å². The molecule has 1 aliphatic rings. The lowest BCUT2D eigenvalue weighted by Crippen LogP contribution is -2.34. The minimum atomic E-state index is 0.512. The van der Waals surface area contributed by atoms with Crippen molar-refractivity contribution in [1.82, 2.24) is 19.7 Å². The fourth-order valence-electron chi connectivity index (χ4n) is 2.64. The summed E-state index contributed by atoms with van der Waals surface area (Å²) in [5.41, 5.74) is 10.2. The first-order chi connectivity index (χ1) is 9.19. The van der Waals surface area contributed by atoms with Gasteiger partial charge in [0.25, 0.3) is 0 Å². The first-order valence-corrected chi connectivity index (χ1v) is 6.48. The largest absolute Gasteiger partial charge is 0.362 e. The molecule has 0 aliphatic carbocycles. The van der Waals surface area contributed by atoms with E-state index in [1.54, 1.807) is 6.33 Å². The number of hydrogen-bond acceptors (Lipinski definition) is 5. The number of nitrogens with zero attached hydrogens (tertiary/aromatic N) is 5. The number of aromatic nitrogens is 4. The lowest BCUT2D eigenvalue weighted by molar-refractivity contribution is 0.558. The smallest absolute Gasteiger partial charge is 0.152 e. The third-order valence-electron chi connectivity index (χ3n) is 3.62. The summed E-state index contributed by atoms with van der Waals surface area (Å²) in [6.45, 7) is 7.18. The Kier molecular flexibility index (Phi) is 2.94. The van der Waals surface area contributed by atoms with Crippen LogP contribution >= 0.6 is 0 Å². The fraction of sp³-hybridized carbons (Fsp3) is 0.462. The zero-order valence-corrected chi connectivity index (χ0v) is 11.3. The summed E-state index contributed by atoms with van der Waals surface area (Å²) < 4.78 is 2.10. The van der Waals surface area contributed by atoms with Crippen LogP contribution < -0.4 is 10.6 Å². The van der Waals surface area contributed by atoms with Crippen LogP contribution in [0.5, 0.6) is 0 Å². The van der Waals surface area contributed by atoms with Gasteiger partial charge in [0.2, 0.25) is 0 Å². The third kappa shape index (κ3) is 2.08. The lowest BCUT2D eigenvalue weighted by atomic mass is 10.1. The number of pyridine rings is 1. The maximum absolute atomic E-state index is 5.88. The average Bonchev–Trinajstić information content (AvgIpc) is 2.85. The highest BCUT2D eigenvalue weighted by molar-refractivity contribution is 5.56. The average molecular weight is 258 g/mol.